The van der Waals surface area contributed by atoms with Crippen LogP contribution in [0.15, 0.2) is 67.3 Å². The molecule has 3 aromatic rings. The van der Waals surface area contributed by atoms with Crippen molar-refractivity contribution in [3.8, 4) is 5.69 Å². The van der Waals surface area contributed by atoms with Crippen LogP contribution in [-0.2, 0) is 11.2 Å². The van der Waals surface area contributed by atoms with Crippen LogP contribution in [0.5, 0.6) is 0 Å². The molecule has 138 valence electrons. The molecule has 0 aliphatic carbocycles. The topological polar surface area (TPSA) is 63.1 Å². The van der Waals surface area contributed by atoms with Crippen LogP contribution in [0, 0.1) is 0 Å². The number of nitrogens with one attached hydrogen (secondary N) is 1. The quantitative estimate of drug-likeness (QED) is 0.758. The van der Waals surface area contributed by atoms with Crippen molar-refractivity contribution in [3.63, 3.8) is 0 Å². The van der Waals surface area contributed by atoms with Crippen LogP contribution in [0.25, 0.3) is 5.69 Å². The lowest BCUT2D eigenvalue weighted by Crippen LogP contribution is -2.48. The van der Waals surface area contributed by atoms with E-state index in [0.29, 0.717) is 12.8 Å². The largest absolute Gasteiger partial charge is 0.333 e. The molecular weight excluding hydrogens is 338 g/mol. The molecule has 0 bridgehead atoms. The summed E-state index contributed by atoms with van der Waals surface area (Å²) in [6.45, 7) is 2.32. The molecule has 1 aromatic carbocycles. The van der Waals surface area contributed by atoms with E-state index < -0.39 is 0 Å². The summed E-state index contributed by atoms with van der Waals surface area (Å²) in [6.07, 6.45) is 8.63. The number of aromatic nitrogens is 3. The number of aryl methyl sites for hydroxylation is 1. The summed E-state index contributed by atoms with van der Waals surface area (Å²) < 4.78 is 1.85. The maximum Gasteiger partial charge on any atom is 0.223 e. The van der Waals surface area contributed by atoms with Gasteiger partial charge >= 0.3 is 0 Å². The lowest BCUT2D eigenvalue weighted by Gasteiger charge is -2.36. The highest BCUT2D eigenvalue weighted by Crippen LogP contribution is 2.22. The first-order valence-corrected chi connectivity index (χ1v) is 9.30. The maximum atomic E-state index is 12.9. The van der Waals surface area contributed by atoms with E-state index in [1.54, 1.807) is 6.20 Å². The Bertz CT molecular complexity index is 878. The van der Waals surface area contributed by atoms with Crippen LogP contribution in [-0.4, -0.2) is 45.2 Å². The summed E-state index contributed by atoms with van der Waals surface area (Å²) >= 11 is 0. The van der Waals surface area contributed by atoms with Gasteiger partial charge in [0.15, 0.2) is 0 Å². The van der Waals surface area contributed by atoms with Gasteiger partial charge in [0.05, 0.1) is 17.9 Å². The number of hydrogen-bond acceptors (Lipinski definition) is 4. The maximum absolute atomic E-state index is 12.9. The third-order valence-electron chi connectivity index (χ3n) is 4.92. The summed E-state index contributed by atoms with van der Waals surface area (Å²) in [5.41, 5.74) is 3.17. The third kappa shape index (κ3) is 4.06. The summed E-state index contributed by atoms with van der Waals surface area (Å²) in [7, 11) is 0. The molecule has 1 unspecified atom stereocenters. The van der Waals surface area contributed by atoms with Crippen LogP contribution >= 0.6 is 0 Å². The van der Waals surface area contributed by atoms with Gasteiger partial charge in [-0.05, 0) is 35.7 Å². The summed E-state index contributed by atoms with van der Waals surface area (Å²) in [5.74, 6) is 0.179. The number of carbonyl (C=O) groups excluding carboxylic acids is 1. The van der Waals surface area contributed by atoms with Crippen molar-refractivity contribution in [3.05, 3.63) is 78.4 Å². The minimum atomic E-state index is 0.0481. The first-order valence-electron chi connectivity index (χ1n) is 9.30. The van der Waals surface area contributed by atoms with E-state index in [2.05, 4.69) is 15.4 Å². The molecule has 1 fully saturated rings. The molecule has 0 spiro atoms. The predicted octanol–water partition coefficient (Wildman–Crippen LogP) is 2.37. The van der Waals surface area contributed by atoms with Crippen molar-refractivity contribution in [2.24, 2.45) is 0 Å². The first kappa shape index (κ1) is 17.4. The Morgan fingerprint density at radius 1 is 1.15 bits per heavy atom. The molecule has 3 heterocycles. The zero-order valence-corrected chi connectivity index (χ0v) is 15.2. The molecule has 6 heteroatoms. The normalized spacial score (nSPS) is 17.0. The van der Waals surface area contributed by atoms with Crippen LogP contribution in [0.3, 0.4) is 0 Å². The molecule has 1 aliphatic rings. The van der Waals surface area contributed by atoms with Gasteiger partial charge in [-0.3, -0.25) is 9.78 Å². The van der Waals surface area contributed by atoms with Gasteiger partial charge in [-0.1, -0.05) is 24.3 Å². The van der Waals surface area contributed by atoms with E-state index in [4.69, 9.17) is 0 Å². The van der Waals surface area contributed by atoms with Crippen molar-refractivity contribution < 1.29 is 4.79 Å². The summed E-state index contributed by atoms with van der Waals surface area (Å²) in [5, 5.41) is 7.79. The number of piperazine rings is 1. The zero-order chi connectivity index (χ0) is 18.5. The molecule has 0 radical (unpaired) electrons. The van der Waals surface area contributed by atoms with Gasteiger partial charge in [0.2, 0.25) is 5.91 Å². The number of pyridine rings is 1. The van der Waals surface area contributed by atoms with E-state index in [1.165, 1.54) is 0 Å². The number of carbonyl (C=O) groups is 1. The van der Waals surface area contributed by atoms with Gasteiger partial charge in [0, 0.05) is 44.6 Å². The van der Waals surface area contributed by atoms with E-state index in [0.717, 1.165) is 36.4 Å². The van der Waals surface area contributed by atoms with Gasteiger partial charge in [-0.2, -0.15) is 5.10 Å². The van der Waals surface area contributed by atoms with E-state index in [9.17, 15) is 4.79 Å². The van der Waals surface area contributed by atoms with Crippen LogP contribution < -0.4 is 5.32 Å². The van der Waals surface area contributed by atoms with Gasteiger partial charge in [0.25, 0.3) is 0 Å². The smallest absolute Gasteiger partial charge is 0.223 e. The molecule has 1 amide bonds. The first-order chi connectivity index (χ1) is 13.3. The molecule has 4 rings (SSSR count). The lowest BCUT2D eigenvalue weighted by atomic mass is 10.0. The second-order valence-corrected chi connectivity index (χ2v) is 6.72. The summed E-state index contributed by atoms with van der Waals surface area (Å²) in [6, 6.07) is 14.0. The Morgan fingerprint density at radius 3 is 2.85 bits per heavy atom. The van der Waals surface area contributed by atoms with Gasteiger partial charge < -0.3 is 10.2 Å². The lowest BCUT2D eigenvalue weighted by molar-refractivity contribution is -0.134. The van der Waals surface area contributed by atoms with Gasteiger partial charge in [0.1, 0.15) is 0 Å². The van der Waals surface area contributed by atoms with Crippen molar-refractivity contribution in [2.45, 2.75) is 18.9 Å². The number of rotatable bonds is 5. The third-order valence-corrected chi connectivity index (χ3v) is 4.92. The number of hydrogen-bond donors (Lipinski definition) is 1. The van der Waals surface area contributed by atoms with Gasteiger partial charge in [-0.15, -0.1) is 0 Å². The second kappa shape index (κ2) is 8.14. The fourth-order valence-corrected chi connectivity index (χ4v) is 3.48. The molecule has 1 aliphatic heterocycles. The van der Waals surface area contributed by atoms with Gasteiger partial charge in [-0.25, -0.2) is 4.68 Å². The monoisotopic (exact) mass is 361 g/mol. The average molecular weight is 361 g/mol. The molecular formula is C21H23N5O. The average Bonchev–Trinajstić information content (AvgIpc) is 3.22. The highest BCUT2D eigenvalue weighted by atomic mass is 16.2. The molecule has 0 saturated carbocycles. The number of benzene rings is 1. The van der Waals surface area contributed by atoms with Crippen LogP contribution in [0.4, 0.5) is 0 Å². The Morgan fingerprint density at radius 2 is 2.04 bits per heavy atom. The molecule has 6 nitrogen and oxygen atoms in total. The zero-order valence-electron chi connectivity index (χ0n) is 15.2. The second-order valence-electron chi connectivity index (χ2n) is 6.72. The summed E-state index contributed by atoms with van der Waals surface area (Å²) in [4.78, 5) is 19.1. The minimum Gasteiger partial charge on any atom is -0.333 e. The van der Waals surface area contributed by atoms with E-state index >= 15 is 0 Å². The van der Waals surface area contributed by atoms with Crippen LogP contribution in [0.1, 0.15) is 23.6 Å². The predicted molar refractivity (Wildman–Crippen MR) is 103 cm³/mol. The van der Waals surface area contributed by atoms with Crippen molar-refractivity contribution >= 4 is 5.91 Å². The fourth-order valence-electron chi connectivity index (χ4n) is 3.48. The molecule has 27 heavy (non-hydrogen) atoms. The molecule has 1 saturated heterocycles. The number of para-hydroxylation sites is 1. The van der Waals surface area contributed by atoms with E-state index in [1.807, 2.05) is 70.6 Å². The fraction of sp³-hybridized carbons (Fsp3) is 0.286. The molecule has 2 aromatic heterocycles. The highest BCUT2D eigenvalue weighted by molar-refractivity contribution is 5.77. The highest BCUT2D eigenvalue weighted by Gasteiger charge is 2.27. The van der Waals surface area contributed by atoms with E-state index in [-0.39, 0.29) is 11.9 Å². The number of nitrogens with zero attached hydrogens (tertiary/aromatic N) is 4. The van der Waals surface area contributed by atoms with Crippen molar-refractivity contribution in [1.82, 2.24) is 25.0 Å². The minimum absolute atomic E-state index is 0.0481. The Balaban J connectivity index is 1.40. The Labute approximate surface area is 158 Å². The standard InChI is InChI=1S/C21H23N5O/c27-21(25-12-11-23-15-20(25)18-5-4-10-22-14-18)9-8-17-13-24-26(16-17)19-6-2-1-3-7-19/h1-7,10,13-14,16,20,23H,8-9,11-12,15H2. The molecule has 1 atom stereocenters. The SMILES string of the molecule is O=C(CCc1cnn(-c2ccccc2)c1)N1CCNCC1c1cccnc1. The number of amides is 1. The van der Waals surface area contributed by atoms with Crippen molar-refractivity contribution in [2.75, 3.05) is 19.6 Å². The molecule has 1 N–H and O–H groups in total. The Kier molecular flexibility index (Phi) is 5.25. The van der Waals surface area contributed by atoms with Crippen LogP contribution in [0.2, 0.25) is 0 Å². The Hall–Kier alpha value is -2.99. The van der Waals surface area contributed by atoms with Crippen molar-refractivity contribution in [1.29, 1.82) is 0 Å².